The second-order valence-corrected chi connectivity index (χ2v) is 6.61. The van der Waals surface area contributed by atoms with Crippen molar-refractivity contribution in [2.45, 2.75) is 58.6 Å². The molecule has 19 heavy (non-hydrogen) atoms. The fourth-order valence-corrected chi connectivity index (χ4v) is 4.14. The smallest absolute Gasteiger partial charge is 0.0616 e. The largest absolute Gasteiger partial charge is 0.378 e. The second-order valence-electron chi connectivity index (χ2n) is 5.36. The van der Waals surface area contributed by atoms with Crippen LogP contribution in [0.3, 0.4) is 0 Å². The van der Waals surface area contributed by atoms with Crippen molar-refractivity contribution in [1.29, 1.82) is 0 Å². The molecule has 0 spiro atoms. The molecule has 108 valence electrons. The van der Waals surface area contributed by atoms with Gasteiger partial charge in [-0.05, 0) is 44.4 Å². The molecule has 1 aromatic heterocycles. The first-order valence-electron chi connectivity index (χ1n) is 7.71. The van der Waals surface area contributed by atoms with Gasteiger partial charge in [-0.1, -0.05) is 20.8 Å². The lowest BCUT2D eigenvalue weighted by Gasteiger charge is -2.27. The summed E-state index contributed by atoms with van der Waals surface area (Å²) in [5.74, 6) is 0.678. The monoisotopic (exact) mass is 281 g/mol. The van der Waals surface area contributed by atoms with Gasteiger partial charge in [-0.2, -0.15) is 0 Å². The van der Waals surface area contributed by atoms with Crippen molar-refractivity contribution < 1.29 is 4.74 Å². The fraction of sp³-hybridized carbons (Fsp3) is 0.750. The Bertz CT molecular complexity index is 377. The Kier molecular flexibility index (Phi) is 5.86. The van der Waals surface area contributed by atoms with Gasteiger partial charge in [-0.3, -0.25) is 0 Å². The predicted molar refractivity (Wildman–Crippen MR) is 83.0 cm³/mol. The van der Waals surface area contributed by atoms with Crippen LogP contribution in [0.25, 0.3) is 0 Å². The summed E-state index contributed by atoms with van der Waals surface area (Å²) in [5, 5.41) is 3.69. The number of nitrogens with one attached hydrogen (secondary N) is 1. The Morgan fingerprint density at radius 3 is 2.74 bits per heavy atom. The molecule has 1 fully saturated rings. The van der Waals surface area contributed by atoms with E-state index in [1.807, 2.05) is 11.3 Å². The molecular weight excluding hydrogens is 254 g/mol. The normalized spacial score (nSPS) is 24.8. The van der Waals surface area contributed by atoms with Crippen LogP contribution in [0.2, 0.25) is 0 Å². The van der Waals surface area contributed by atoms with Crippen LogP contribution < -0.4 is 5.32 Å². The van der Waals surface area contributed by atoms with Gasteiger partial charge in [0, 0.05) is 28.3 Å². The molecule has 3 unspecified atom stereocenters. The minimum Gasteiger partial charge on any atom is -0.378 e. The third kappa shape index (κ3) is 3.80. The van der Waals surface area contributed by atoms with E-state index in [0.717, 1.165) is 32.4 Å². The van der Waals surface area contributed by atoms with Gasteiger partial charge in [0.05, 0.1) is 6.10 Å². The second kappa shape index (κ2) is 7.41. The molecule has 0 saturated carbocycles. The van der Waals surface area contributed by atoms with E-state index in [2.05, 4.69) is 38.2 Å². The number of rotatable bonds is 7. The van der Waals surface area contributed by atoms with E-state index in [9.17, 15) is 0 Å². The van der Waals surface area contributed by atoms with Gasteiger partial charge in [-0.15, -0.1) is 11.3 Å². The predicted octanol–water partition coefficient (Wildman–Crippen LogP) is 3.65. The zero-order valence-electron chi connectivity index (χ0n) is 12.4. The molecule has 0 aromatic carbocycles. The third-order valence-corrected chi connectivity index (χ3v) is 5.38. The topological polar surface area (TPSA) is 21.3 Å². The lowest BCUT2D eigenvalue weighted by molar-refractivity contribution is 0.0777. The maximum Gasteiger partial charge on any atom is 0.0616 e. The molecule has 0 bridgehead atoms. The average molecular weight is 281 g/mol. The number of ether oxygens (including phenoxy) is 1. The quantitative estimate of drug-likeness (QED) is 0.824. The van der Waals surface area contributed by atoms with Crippen molar-refractivity contribution in [3.63, 3.8) is 0 Å². The van der Waals surface area contributed by atoms with E-state index in [1.165, 1.54) is 16.2 Å². The minimum atomic E-state index is 0.453. The van der Waals surface area contributed by atoms with Gasteiger partial charge >= 0.3 is 0 Å². The van der Waals surface area contributed by atoms with Gasteiger partial charge in [0.2, 0.25) is 0 Å². The lowest BCUT2D eigenvalue weighted by atomic mass is 9.89. The molecule has 1 saturated heterocycles. The summed E-state index contributed by atoms with van der Waals surface area (Å²) in [5.41, 5.74) is 0. The highest BCUT2D eigenvalue weighted by Gasteiger charge is 2.33. The first-order chi connectivity index (χ1) is 9.28. The van der Waals surface area contributed by atoms with Crippen molar-refractivity contribution in [3.05, 3.63) is 21.9 Å². The van der Waals surface area contributed by atoms with Gasteiger partial charge in [0.25, 0.3) is 0 Å². The molecule has 2 rings (SSSR count). The van der Waals surface area contributed by atoms with Crippen LogP contribution in [0.1, 0.15) is 43.4 Å². The van der Waals surface area contributed by atoms with Crippen LogP contribution >= 0.6 is 11.3 Å². The highest BCUT2D eigenvalue weighted by molar-refractivity contribution is 7.11. The Morgan fingerprint density at radius 1 is 1.32 bits per heavy atom. The molecule has 2 heterocycles. The van der Waals surface area contributed by atoms with Crippen LogP contribution in [0.5, 0.6) is 0 Å². The summed E-state index contributed by atoms with van der Waals surface area (Å²) in [4.78, 5) is 3.02. The summed E-state index contributed by atoms with van der Waals surface area (Å²) in [6, 6.07) is 5.16. The molecule has 3 atom stereocenters. The minimum absolute atomic E-state index is 0.453. The Balaban J connectivity index is 2.02. The highest BCUT2D eigenvalue weighted by Crippen LogP contribution is 2.29. The SMILES string of the molecule is CCNC(Cc1ccc(CC)s1)C1CCOC1CC. The summed E-state index contributed by atoms with van der Waals surface area (Å²) >= 11 is 1.97. The summed E-state index contributed by atoms with van der Waals surface area (Å²) in [6.45, 7) is 8.66. The standard InChI is InChI=1S/C16H27NOS/c1-4-12-7-8-13(19-12)11-15(17-6-3)14-9-10-18-16(14)5-2/h7-8,14-17H,4-6,9-11H2,1-3H3. The van der Waals surface area contributed by atoms with Crippen molar-refractivity contribution >= 4 is 11.3 Å². The summed E-state index contributed by atoms with van der Waals surface area (Å²) in [7, 11) is 0. The Hall–Kier alpha value is -0.380. The van der Waals surface area contributed by atoms with E-state index in [1.54, 1.807) is 0 Å². The molecular formula is C16H27NOS. The van der Waals surface area contributed by atoms with Crippen molar-refractivity contribution in [2.24, 2.45) is 5.92 Å². The van der Waals surface area contributed by atoms with Gasteiger partial charge < -0.3 is 10.1 Å². The zero-order valence-corrected chi connectivity index (χ0v) is 13.3. The molecule has 1 aromatic rings. The van der Waals surface area contributed by atoms with Crippen LogP contribution in [-0.2, 0) is 17.6 Å². The third-order valence-electron chi connectivity index (χ3n) is 4.13. The van der Waals surface area contributed by atoms with E-state index < -0.39 is 0 Å². The van der Waals surface area contributed by atoms with Gasteiger partial charge in [0.1, 0.15) is 0 Å². The highest BCUT2D eigenvalue weighted by atomic mass is 32.1. The van der Waals surface area contributed by atoms with Crippen LogP contribution in [-0.4, -0.2) is 25.3 Å². The van der Waals surface area contributed by atoms with Crippen LogP contribution in [0.4, 0.5) is 0 Å². The zero-order chi connectivity index (χ0) is 13.7. The molecule has 0 amide bonds. The van der Waals surface area contributed by atoms with E-state index in [-0.39, 0.29) is 0 Å². The molecule has 1 N–H and O–H groups in total. The maximum absolute atomic E-state index is 5.87. The molecule has 1 aliphatic rings. The molecule has 0 radical (unpaired) electrons. The number of hydrogen-bond donors (Lipinski definition) is 1. The Morgan fingerprint density at radius 2 is 2.11 bits per heavy atom. The number of aryl methyl sites for hydroxylation is 1. The van der Waals surface area contributed by atoms with Crippen molar-refractivity contribution in [3.8, 4) is 0 Å². The maximum atomic E-state index is 5.87. The average Bonchev–Trinajstić information content (AvgIpc) is 3.06. The molecule has 3 heteroatoms. The number of likely N-dealkylation sites (N-methyl/N-ethyl adjacent to an activating group) is 1. The van der Waals surface area contributed by atoms with Gasteiger partial charge in [-0.25, -0.2) is 0 Å². The lowest BCUT2D eigenvalue weighted by Crippen LogP contribution is -2.41. The first kappa shape index (κ1) is 15.0. The Labute approximate surface area is 121 Å². The molecule has 1 aliphatic heterocycles. The summed E-state index contributed by atoms with van der Waals surface area (Å²) in [6.07, 6.45) is 5.11. The molecule has 0 aliphatic carbocycles. The summed E-state index contributed by atoms with van der Waals surface area (Å²) < 4.78 is 5.87. The van der Waals surface area contributed by atoms with Crippen LogP contribution in [0.15, 0.2) is 12.1 Å². The van der Waals surface area contributed by atoms with E-state index in [0.29, 0.717) is 18.1 Å². The van der Waals surface area contributed by atoms with Crippen molar-refractivity contribution in [1.82, 2.24) is 5.32 Å². The van der Waals surface area contributed by atoms with Crippen LogP contribution in [0, 0.1) is 5.92 Å². The fourth-order valence-electron chi connectivity index (χ4n) is 3.12. The first-order valence-corrected chi connectivity index (χ1v) is 8.52. The van der Waals surface area contributed by atoms with Gasteiger partial charge in [0.15, 0.2) is 0 Å². The molecule has 2 nitrogen and oxygen atoms in total. The number of hydrogen-bond acceptors (Lipinski definition) is 3. The van der Waals surface area contributed by atoms with E-state index in [4.69, 9.17) is 4.74 Å². The number of thiophene rings is 1. The van der Waals surface area contributed by atoms with Crippen molar-refractivity contribution in [2.75, 3.05) is 13.2 Å². The van der Waals surface area contributed by atoms with E-state index >= 15 is 0 Å².